The molecule has 1 fully saturated rings. The molecule has 0 radical (unpaired) electrons. The number of fused-ring (bicyclic) bond motifs is 1. The molecule has 0 aromatic heterocycles. The van der Waals surface area contributed by atoms with Gasteiger partial charge in [-0.15, -0.1) is 0 Å². The molecular weight excluding hydrogens is 220 g/mol. The highest BCUT2D eigenvalue weighted by atomic mass is 16.5. The SMILES string of the molecule is CC1NCC(c2ccc3c(c2)NC(=O)CO3)O1. The zero-order chi connectivity index (χ0) is 11.8. The van der Waals surface area contributed by atoms with Crippen molar-refractivity contribution in [3.63, 3.8) is 0 Å². The number of anilines is 1. The van der Waals surface area contributed by atoms with E-state index in [9.17, 15) is 4.79 Å². The van der Waals surface area contributed by atoms with Gasteiger partial charge in [-0.3, -0.25) is 10.1 Å². The van der Waals surface area contributed by atoms with Crippen LogP contribution in [0.3, 0.4) is 0 Å². The molecule has 0 spiro atoms. The van der Waals surface area contributed by atoms with E-state index in [0.717, 1.165) is 17.8 Å². The molecular formula is C12H14N2O3. The number of amides is 1. The number of carbonyl (C=O) groups excluding carboxylic acids is 1. The van der Waals surface area contributed by atoms with Gasteiger partial charge in [0.1, 0.15) is 12.0 Å². The van der Waals surface area contributed by atoms with Crippen molar-refractivity contribution in [1.29, 1.82) is 0 Å². The molecule has 1 aromatic carbocycles. The third-order valence-electron chi connectivity index (χ3n) is 2.97. The van der Waals surface area contributed by atoms with Crippen molar-refractivity contribution >= 4 is 11.6 Å². The van der Waals surface area contributed by atoms with E-state index in [1.54, 1.807) is 0 Å². The van der Waals surface area contributed by atoms with Crippen LogP contribution < -0.4 is 15.4 Å². The average molecular weight is 234 g/mol. The molecule has 1 aromatic rings. The first-order chi connectivity index (χ1) is 8.22. The molecule has 2 aliphatic heterocycles. The Balaban J connectivity index is 1.87. The number of benzene rings is 1. The van der Waals surface area contributed by atoms with Crippen molar-refractivity contribution in [2.24, 2.45) is 0 Å². The van der Waals surface area contributed by atoms with Crippen LogP contribution in [0.4, 0.5) is 5.69 Å². The van der Waals surface area contributed by atoms with Crippen molar-refractivity contribution in [2.75, 3.05) is 18.5 Å². The highest BCUT2D eigenvalue weighted by Crippen LogP contribution is 2.32. The van der Waals surface area contributed by atoms with Crippen LogP contribution in [0.1, 0.15) is 18.6 Å². The molecule has 0 aliphatic carbocycles. The fourth-order valence-electron chi connectivity index (χ4n) is 2.11. The number of nitrogens with one attached hydrogen (secondary N) is 2. The summed E-state index contributed by atoms with van der Waals surface area (Å²) in [6.45, 7) is 2.85. The molecule has 1 amide bonds. The Bertz CT molecular complexity index is 461. The summed E-state index contributed by atoms with van der Waals surface area (Å²) in [5, 5.41) is 6.01. The number of rotatable bonds is 1. The maximum Gasteiger partial charge on any atom is 0.262 e. The molecule has 5 nitrogen and oxygen atoms in total. The lowest BCUT2D eigenvalue weighted by molar-refractivity contribution is -0.118. The highest BCUT2D eigenvalue weighted by molar-refractivity contribution is 5.95. The van der Waals surface area contributed by atoms with E-state index in [1.165, 1.54) is 0 Å². The Morgan fingerprint density at radius 1 is 1.41 bits per heavy atom. The van der Waals surface area contributed by atoms with Crippen molar-refractivity contribution in [3.05, 3.63) is 23.8 Å². The Morgan fingerprint density at radius 3 is 3.06 bits per heavy atom. The van der Waals surface area contributed by atoms with Crippen LogP contribution in [-0.4, -0.2) is 25.3 Å². The molecule has 17 heavy (non-hydrogen) atoms. The average Bonchev–Trinajstić information content (AvgIpc) is 2.75. The summed E-state index contributed by atoms with van der Waals surface area (Å²) in [7, 11) is 0. The highest BCUT2D eigenvalue weighted by Gasteiger charge is 2.24. The second-order valence-electron chi connectivity index (χ2n) is 4.27. The van der Waals surface area contributed by atoms with Gasteiger partial charge in [-0.2, -0.15) is 0 Å². The predicted molar refractivity (Wildman–Crippen MR) is 61.9 cm³/mol. The lowest BCUT2D eigenvalue weighted by Crippen LogP contribution is -2.25. The van der Waals surface area contributed by atoms with Gasteiger partial charge in [0.2, 0.25) is 0 Å². The molecule has 5 heteroatoms. The summed E-state index contributed by atoms with van der Waals surface area (Å²) in [5.41, 5.74) is 1.77. The predicted octanol–water partition coefficient (Wildman–Crippen LogP) is 1.02. The third-order valence-corrected chi connectivity index (χ3v) is 2.97. The Labute approximate surface area is 99.1 Å². The molecule has 3 rings (SSSR count). The van der Waals surface area contributed by atoms with Gasteiger partial charge in [0.25, 0.3) is 5.91 Å². The van der Waals surface area contributed by atoms with Gasteiger partial charge < -0.3 is 14.8 Å². The lowest BCUT2D eigenvalue weighted by atomic mass is 10.1. The van der Waals surface area contributed by atoms with Crippen LogP contribution in [0.25, 0.3) is 0 Å². The van der Waals surface area contributed by atoms with E-state index in [0.29, 0.717) is 5.75 Å². The van der Waals surface area contributed by atoms with E-state index >= 15 is 0 Å². The van der Waals surface area contributed by atoms with Crippen molar-refractivity contribution in [1.82, 2.24) is 5.32 Å². The fourth-order valence-corrected chi connectivity index (χ4v) is 2.11. The molecule has 2 aliphatic rings. The van der Waals surface area contributed by atoms with Gasteiger partial charge in [-0.25, -0.2) is 0 Å². The summed E-state index contributed by atoms with van der Waals surface area (Å²) in [5.74, 6) is 0.598. The first kappa shape index (κ1) is 10.6. The minimum atomic E-state index is -0.117. The van der Waals surface area contributed by atoms with E-state index in [-0.39, 0.29) is 24.8 Å². The summed E-state index contributed by atoms with van der Waals surface area (Å²) in [6.07, 6.45) is 0.107. The minimum absolute atomic E-state index is 0.0362. The lowest BCUT2D eigenvalue weighted by Gasteiger charge is -2.19. The Kier molecular flexibility index (Phi) is 2.49. The summed E-state index contributed by atoms with van der Waals surface area (Å²) < 4.78 is 11.0. The molecule has 2 unspecified atom stereocenters. The van der Waals surface area contributed by atoms with E-state index < -0.39 is 0 Å². The van der Waals surface area contributed by atoms with Crippen LogP contribution in [0, 0.1) is 0 Å². The molecule has 2 heterocycles. The second-order valence-corrected chi connectivity index (χ2v) is 4.27. The maximum absolute atomic E-state index is 11.2. The van der Waals surface area contributed by atoms with E-state index in [2.05, 4.69) is 10.6 Å². The number of hydrogen-bond donors (Lipinski definition) is 2. The van der Waals surface area contributed by atoms with Crippen molar-refractivity contribution in [2.45, 2.75) is 19.3 Å². The van der Waals surface area contributed by atoms with Crippen LogP contribution in [0.2, 0.25) is 0 Å². The first-order valence-corrected chi connectivity index (χ1v) is 5.68. The Hall–Kier alpha value is -1.59. The van der Waals surface area contributed by atoms with Gasteiger partial charge >= 0.3 is 0 Å². The van der Waals surface area contributed by atoms with Gasteiger partial charge in [-0.05, 0) is 24.6 Å². The van der Waals surface area contributed by atoms with Crippen molar-refractivity contribution < 1.29 is 14.3 Å². The molecule has 1 saturated heterocycles. The largest absolute Gasteiger partial charge is 0.482 e. The summed E-state index contributed by atoms with van der Waals surface area (Å²) in [4.78, 5) is 11.2. The van der Waals surface area contributed by atoms with Gasteiger partial charge in [-0.1, -0.05) is 6.07 Å². The van der Waals surface area contributed by atoms with Gasteiger partial charge in [0.05, 0.1) is 11.8 Å². The quantitative estimate of drug-likeness (QED) is 0.761. The topological polar surface area (TPSA) is 59.6 Å². The van der Waals surface area contributed by atoms with Gasteiger partial charge in [0, 0.05) is 6.54 Å². The zero-order valence-electron chi connectivity index (χ0n) is 9.53. The smallest absolute Gasteiger partial charge is 0.262 e. The summed E-state index contributed by atoms with van der Waals surface area (Å²) in [6, 6.07) is 5.76. The van der Waals surface area contributed by atoms with E-state index in [4.69, 9.17) is 9.47 Å². The van der Waals surface area contributed by atoms with Crippen LogP contribution in [0.15, 0.2) is 18.2 Å². The number of ether oxygens (including phenoxy) is 2. The fraction of sp³-hybridized carbons (Fsp3) is 0.417. The molecule has 2 atom stereocenters. The molecule has 0 saturated carbocycles. The third kappa shape index (κ3) is 1.99. The zero-order valence-corrected chi connectivity index (χ0v) is 9.53. The number of hydrogen-bond acceptors (Lipinski definition) is 4. The number of carbonyl (C=O) groups is 1. The minimum Gasteiger partial charge on any atom is -0.482 e. The van der Waals surface area contributed by atoms with Crippen LogP contribution >= 0.6 is 0 Å². The second kappa shape index (κ2) is 4.01. The van der Waals surface area contributed by atoms with E-state index in [1.807, 2.05) is 25.1 Å². The van der Waals surface area contributed by atoms with Crippen LogP contribution in [0.5, 0.6) is 5.75 Å². The normalized spacial score (nSPS) is 27.2. The first-order valence-electron chi connectivity index (χ1n) is 5.68. The monoisotopic (exact) mass is 234 g/mol. The molecule has 0 bridgehead atoms. The molecule has 90 valence electrons. The molecule has 2 N–H and O–H groups in total. The summed E-state index contributed by atoms with van der Waals surface area (Å²) >= 11 is 0. The Morgan fingerprint density at radius 2 is 2.29 bits per heavy atom. The van der Waals surface area contributed by atoms with Crippen molar-refractivity contribution in [3.8, 4) is 5.75 Å². The van der Waals surface area contributed by atoms with Gasteiger partial charge in [0.15, 0.2) is 6.61 Å². The van der Waals surface area contributed by atoms with Crippen LogP contribution in [-0.2, 0) is 9.53 Å². The standard InChI is InChI=1S/C12H14N2O3/c1-7-13-5-11(17-7)8-2-3-10-9(4-8)14-12(15)6-16-10/h2-4,7,11,13H,5-6H2,1H3,(H,14,15). The maximum atomic E-state index is 11.2.